The normalized spacial score (nSPS) is 26.9. The summed E-state index contributed by atoms with van der Waals surface area (Å²) in [6, 6.07) is 0.354. The highest BCUT2D eigenvalue weighted by atomic mass is 35.5. The number of amides is 1. The summed E-state index contributed by atoms with van der Waals surface area (Å²) < 4.78 is 8.31. The number of piperidine rings is 2. The van der Waals surface area contributed by atoms with Crippen molar-refractivity contribution >= 4 is 18.3 Å². The lowest BCUT2D eigenvalue weighted by atomic mass is 9.88. The number of carbonyl (C=O) groups is 1. The second-order valence-corrected chi connectivity index (χ2v) is 8.96. The number of halogens is 1. The summed E-state index contributed by atoms with van der Waals surface area (Å²) in [5.41, 5.74) is 1.44. The van der Waals surface area contributed by atoms with Crippen LogP contribution < -0.4 is 5.32 Å². The van der Waals surface area contributed by atoms with Gasteiger partial charge in [-0.15, -0.1) is 17.5 Å². The molecule has 3 heterocycles. The fourth-order valence-electron chi connectivity index (χ4n) is 4.92. The average molecular weight is 426 g/mol. The maximum Gasteiger partial charge on any atom is 0.276 e. The first-order valence-corrected chi connectivity index (χ1v) is 11.2. The van der Waals surface area contributed by atoms with Crippen LogP contribution >= 0.6 is 12.4 Å². The first-order chi connectivity index (χ1) is 13.6. The molecule has 0 radical (unpaired) electrons. The average Bonchev–Trinajstić information content (AvgIpc) is 3.12. The first-order valence-electron chi connectivity index (χ1n) is 11.2. The molecule has 0 spiro atoms. The molecule has 8 heteroatoms. The lowest BCUT2D eigenvalue weighted by Gasteiger charge is -2.35. The maximum absolute atomic E-state index is 13.0. The van der Waals surface area contributed by atoms with Crippen molar-refractivity contribution in [2.45, 2.75) is 83.5 Å². The Morgan fingerprint density at radius 1 is 1.00 bits per heavy atom. The first kappa shape index (κ1) is 22.5. The van der Waals surface area contributed by atoms with Crippen LogP contribution in [0.15, 0.2) is 0 Å². The molecular weight excluding hydrogens is 390 g/mol. The summed E-state index contributed by atoms with van der Waals surface area (Å²) in [4.78, 5) is 14.9. The van der Waals surface area contributed by atoms with Crippen LogP contribution in [0.3, 0.4) is 0 Å². The van der Waals surface area contributed by atoms with E-state index >= 15 is 0 Å². The van der Waals surface area contributed by atoms with Crippen LogP contribution in [0.25, 0.3) is 0 Å². The molecule has 2 saturated heterocycles. The number of carbonyl (C=O) groups excluding carboxylic acids is 1. The smallest absolute Gasteiger partial charge is 0.276 e. The predicted molar refractivity (Wildman–Crippen MR) is 115 cm³/mol. The predicted octanol–water partition coefficient (Wildman–Crippen LogP) is 3.13. The molecule has 4 rings (SSSR count). The van der Waals surface area contributed by atoms with Crippen molar-refractivity contribution in [2.24, 2.45) is 5.92 Å². The minimum absolute atomic E-state index is 0. The molecule has 7 nitrogen and oxygen atoms in total. The van der Waals surface area contributed by atoms with E-state index in [0.717, 1.165) is 63.5 Å². The summed E-state index contributed by atoms with van der Waals surface area (Å²) in [6.45, 7) is 7.83. The molecule has 1 aliphatic carbocycles. The summed E-state index contributed by atoms with van der Waals surface area (Å²) >= 11 is 0. The molecular formula is C21H36ClN5O2. The Hall–Kier alpha value is -1.18. The van der Waals surface area contributed by atoms with Gasteiger partial charge >= 0.3 is 0 Å². The highest BCUT2D eigenvalue weighted by molar-refractivity contribution is 5.93. The van der Waals surface area contributed by atoms with Crippen LogP contribution in [0, 0.1) is 12.8 Å². The van der Waals surface area contributed by atoms with E-state index in [1.807, 2.05) is 16.5 Å². The Balaban J connectivity index is 0.00000240. The van der Waals surface area contributed by atoms with Gasteiger partial charge in [0.25, 0.3) is 5.91 Å². The molecule has 0 atom stereocenters. The van der Waals surface area contributed by atoms with Gasteiger partial charge in [-0.05, 0) is 77.3 Å². The largest absolute Gasteiger partial charge is 0.375 e. The van der Waals surface area contributed by atoms with E-state index in [2.05, 4.69) is 22.6 Å². The number of ether oxygens (including phenoxy) is 1. The van der Waals surface area contributed by atoms with Crippen LogP contribution in [0.5, 0.6) is 0 Å². The zero-order valence-corrected chi connectivity index (χ0v) is 18.6. The number of aromatic nitrogens is 3. The molecule has 0 bridgehead atoms. The van der Waals surface area contributed by atoms with Gasteiger partial charge in [-0.3, -0.25) is 4.79 Å². The highest BCUT2D eigenvalue weighted by Crippen LogP contribution is 2.28. The summed E-state index contributed by atoms with van der Waals surface area (Å²) in [6.07, 6.45) is 9.63. The maximum atomic E-state index is 13.0. The van der Waals surface area contributed by atoms with Crippen LogP contribution in [0.1, 0.15) is 80.5 Å². The number of hydrogen-bond acceptors (Lipinski definition) is 5. The topological polar surface area (TPSA) is 72.3 Å². The van der Waals surface area contributed by atoms with Crippen molar-refractivity contribution in [3.8, 4) is 0 Å². The van der Waals surface area contributed by atoms with E-state index < -0.39 is 0 Å². The molecule has 0 unspecified atom stereocenters. The molecule has 2 aliphatic heterocycles. The van der Waals surface area contributed by atoms with Crippen molar-refractivity contribution in [3.05, 3.63) is 11.4 Å². The number of likely N-dealkylation sites (tertiary alicyclic amines) is 1. The number of hydrogen-bond donors (Lipinski definition) is 1. The molecule has 1 saturated carbocycles. The van der Waals surface area contributed by atoms with E-state index in [1.165, 1.54) is 25.7 Å². The minimum atomic E-state index is 0. The van der Waals surface area contributed by atoms with Crippen molar-refractivity contribution in [1.82, 2.24) is 25.2 Å². The quantitative estimate of drug-likeness (QED) is 0.802. The highest BCUT2D eigenvalue weighted by Gasteiger charge is 2.30. The van der Waals surface area contributed by atoms with Gasteiger partial charge in [-0.2, -0.15) is 0 Å². The third-order valence-electron chi connectivity index (χ3n) is 6.86. The van der Waals surface area contributed by atoms with E-state index in [-0.39, 0.29) is 18.3 Å². The van der Waals surface area contributed by atoms with Crippen LogP contribution in [0.2, 0.25) is 0 Å². The van der Waals surface area contributed by atoms with E-state index in [9.17, 15) is 4.79 Å². The van der Waals surface area contributed by atoms with E-state index in [0.29, 0.717) is 23.9 Å². The number of rotatable bonds is 4. The van der Waals surface area contributed by atoms with Gasteiger partial charge in [0.1, 0.15) is 0 Å². The Kier molecular flexibility index (Phi) is 7.93. The van der Waals surface area contributed by atoms with Crippen molar-refractivity contribution in [2.75, 3.05) is 26.2 Å². The summed E-state index contributed by atoms with van der Waals surface area (Å²) in [5, 5.41) is 11.9. The Labute approximate surface area is 180 Å². The lowest BCUT2D eigenvalue weighted by molar-refractivity contribution is -0.0571. The molecule has 1 amide bonds. The second kappa shape index (κ2) is 10.2. The monoisotopic (exact) mass is 425 g/mol. The number of nitrogens with one attached hydrogen (secondary N) is 1. The molecule has 3 fully saturated rings. The Bertz CT molecular complexity index is 660. The third kappa shape index (κ3) is 5.30. The van der Waals surface area contributed by atoms with Gasteiger partial charge < -0.3 is 15.0 Å². The fourth-order valence-corrected chi connectivity index (χ4v) is 4.92. The fraction of sp³-hybridized carbons (Fsp3) is 0.857. The third-order valence-corrected chi connectivity index (χ3v) is 6.86. The summed E-state index contributed by atoms with van der Waals surface area (Å²) in [5.74, 6) is 0.878. The zero-order valence-electron chi connectivity index (χ0n) is 17.8. The zero-order chi connectivity index (χ0) is 19.5. The summed E-state index contributed by atoms with van der Waals surface area (Å²) in [7, 11) is 0. The van der Waals surface area contributed by atoms with Crippen LogP contribution in [-0.4, -0.2) is 64.2 Å². The minimum Gasteiger partial charge on any atom is -0.375 e. The molecule has 1 aromatic rings. The van der Waals surface area contributed by atoms with Crippen molar-refractivity contribution < 1.29 is 9.53 Å². The molecule has 0 aromatic carbocycles. The molecule has 1 N–H and O–H groups in total. The molecule has 1 aromatic heterocycles. The van der Waals surface area contributed by atoms with Gasteiger partial charge in [0.15, 0.2) is 5.69 Å². The molecule has 3 aliphatic rings. The van der Waals surface area contributed by atoms with Gasteiger partial charge in [0.05, 0.1) is 23.9 Å². The van der Waals surface area contributed by atoms with E-state index in [4.69, 9.17) is 4.74 Å². The van der Waals surface area contributed by atoms with Crippen molar-refractivity contribution in [1.29, 1.82) is 0 Å². The molecule has 29 heavy (non-hydrogen) atoms. The van der Waals surface area contributed by atoms with Crippen LogP contribution in [0.4, 0.5) is 0 Å². The van der Waals surface area contributed by atoms with Crippen LogP contribution in [-0.2, 0) is 4.74 Å². The van der Waals surface area contributed by atoms with Gasteiger partial charge in [0.2, 0.25) is 0 Å². The van der Waals surface area contributed by atoms with E-state index in [1.54, 1.807) is 0 Å². The van der Waals surface area contributed by atoms with Crippen molar-refractivity contribution in [3.63, 3.8) is 0 Å². The van der Waals surface area contributed by atoms with Gasteiger partial charge in [-0.25, -0.2) is 4.68 Å². The lowest BCUT2D eigenvalue weighted by Crippen LogP contribution is -2.42. The van der Waals surface area contributed by atoms with Gasteiger partial charge in [0, 0.05) is 13.1 Å². The Morgan fingerprint density at radius 2 is 1.62 bits per heavy atom. The SMILES string of the molecule is Cc1c(C(=O)N2CCC(OC3CCC(C)CC3)CC2)nnn1C1CCNCC1.Cl. The molecule has 164 valence electrons. The standard InChI is InChI=1S/C21H35N5O2.ClH/c1-15-3-5-18(6-4-15)28-19-9-13-25(14-10-19)21(27)20-16(2)26(24-23-20)17-7-11-22-12-8-17;/h15,17-19,22H,3-14H2,1-2H3;1H. The van der Waals surface area contributed by atoms with Gasteiger partial charge in [-0.1, -0.05) is 12.1 Å². The second-order valence-electron chi connectivity index (χ2n) is 8.96. The number of nitrogens with zero attached hydrogens (tertiary/aromatic N) is 4. The Morgan fingerprint density at radius 3 is 2.28 bits per heavy atom.